The van der Waals surface area contributed by atoms with Gasteiger partial charge in [-0.25, -0.2) is 0 Å². The molecule has 7 heteroatoms. The summed E-state index contributed by atoms with van der Waals surface area (Å²) in [6, 6.07) is 0.293. The molecule has 0 aliphatic heterocycles. The quantitative estimate of drug-likeness (QED) is 0.744. The number of aryl methyl sites for hydroxylation is 1. The smallest absolute Gasteiger partial charge is 0.276 e. The second kappa shape index (κ2) is 4.67. The van der Waals surface area contributed by atoms with Crippen LogP contribution in [0.1, 0.15) is 23.3 Å². The van der Waals surface area contributed by atoms with Crippen LogP contribution < -0.4 is 11.1 Å². The van der Waals surface area contributed by atoms with Crippen molar-refractivity contribution >= 4 is 17.5 Å². The third kappa shape index (κ3) is 2.79. The van der Waals surface area contributed by atoms with Gasteiger partial charge in [0.15, 0.2) is 5.69 Å². The van der Waals surface area contributed by atoms with Gasteiger partial charge in [-0.2, -0.15) is 5.10 Å². The third-order valence-electron chi connectivity index (χ3n) is 2.73. The number of aromatic nitrogens is 2. The molecule has 1 aromatic heterocycles. The van der Waals surface area contributed by atoms with Crippen LogP contribution in [0.15, 0.2) is 6.20 Å². The predicted octanol–water partition coefficient (Wildman–Crippen LogP) is -0.647. The number of hydrogen-bond donors (Lipinski definition) is 2. The minimum atomic E-state index is -0.348. The number of amides is 2. The van der Waals surface area contributed by atoms with Crippen molar-refractivity contribution in [2.45, 2.75) is 18.9 Å². The average molecular weight is 251 g/mol. The van der Waals surface area contributed by atoms with Gasteiger partial charge < -0.3 is 16.0 Å². The van der Waals surface area contributed by atoms with Crippen LogP contribution in [0.3, 0.4) is 0 Å². The molecule has 0 unspecified atom stereocenters. The largest absolute Gasteiger partial charge is 0.396 e. The van der Waals surface area contributed by atoms with Crippen molar-refractivity contribution < 1.29 is 9.59 Å². The van der Waals surface area contributed by atoms with E-state index in [1.807, 2.05) is 0 Å². The fourth-order valence-electron chi connectivity index (χ4n) is 1.64. The van der Waals surface area contributed by atoms with Crippen LogP contribution in [0.4, 0.5) is 5.69 Å². The summed E-state index contributed by atoms with van der Waals surface area (Å²) in [4.78, 5) is 24.9. The van der Waals surface area contributed by atoms with Crippen molar-refractivity contribution in [3.05, 3.63) is 11.9 Å². The number of likely N-dealkylation sites (N-methyl/N-ethyl adjacent to an activating group) is 1. The van der Waals surface area contributed by atoms with Gasteiger partial charge in [0, 0.05) is 26.3 Å². The first-order valence-corrected chi connectivity index (χ1v) is 5.81. The molecule has 98 valence electrons. The number of nitrogens with zero attached hydrogens (tertiary/aromatic N) is 3. The molecule has 1 saturated carbocycles. The summed E-state index contributed by atoms with van der Waals surface area (Å²) in [5.41, 5.74) is 6.17. The Morgan fingerprint density at radius 2 is 2.28 bits per heavy atom. The van der Waals surface area contributed by atoms with E-state index in [0.717, 1.165) is 12.8 Å². The zero-order chi connectivity index (χ0) is 13.3. The van der Waals surface area contributed by atoms with Gasteiger partial charge >= 0.3 is 0 Å². The number of carbonyl (C=O) groups is 2. The summed E-state index contributed by atoms with van der Waals surface area (Å²) >= 11 is 0. The van der Waals surface area contributed by atoms with Crippen LogP contribution in [-0.2, 0) is 11.8 Å². The van der Waals surface area contributed by atoms with Gasteiger partial charge in [-0.05, 0) is 12.8 Å². The van der Waals surface area contributed by atoms with Crippen LogP contribution in [0, 0.1) is 0 Å². The lowest BCUT2D eigenvalue weighted by atomic mass is 10.3. The first-order chi connectivity index (χ1) is 8.47. The SMILES string of the molecule is CN(CC(=O)NC1CC1)C(=O)c1nn(C)cc1N. The van der Waals surface area contributed by atoms with Gasteiger partial charge in [-0.15, -0.1) is 0 Å². The van der Waals surface area contributed by atoms with Gasteiger partial charge in [-0.3, -0.25) is 14.3 Å². The molecule has 1 fully saturated rings. The summed E-state index contributed by atoms with van der Waals surface area (Å²) in [7, 11) is 3.25. The predicted molar refractivity (Wildman–Crippen MR) is 65.7 cm³/mol. The molecule has 7 nitrogen and oxygen atoms in total. The number of hydrogen-bond acceptors (Lipinski definition) is 4. The van der Waals surface area contributed by atoms with E-state index in [9.17, 15) is 9.59 Å². The van der Waals surface area contributed by atoms with Crippen LogP contribution in [0.25, 0.3) is 0 Å². The van der Waals surface area contributed by atoms with Crippen LogP contribution >= 0.6 is 0 Å². The number of rotatable bonds is 4. The first kappa shape index (κ1) is 12.4. The Morgan fingerprint density at radius 3 is 2.78 bits per heavy atom. The Hall–Kier alpha value is -2.05. The molecular weight excluding hydrogens is 234 g/mol. The van der Waals surface area contributed by atoms with E-state index in [1.165, 1.54) is 9.58 Å². The van der Waals surface area contributed by atoms with Crippen LogP contribution in [0.2, 0.25) is 0 Å². The molecule has 3 N–H and O–H groups in total. The monoisotopic (exact) mass is 251 g/mol. The van der Waals surface area contributed by atoms with E-state index in [-0.39, 0.29) is 24.1 Å². The number of nitrogen functional groups attached to an aromatic ring is 1. The molecule has 0 bridgehead atoms. The third-order valence-corrected chi connectivity index (χ3v) is 2.73. The molecule has 0 aromatic carbocycles. The molecular formula is C11H17N5O2. The summed E-state index contributed by atoms with van der Waals surface area (Å²) in [5, 5.41) is 6.80. The van der Waals surface area contributed by atoms with Crippen molar-refractivity contribution in [2.24, 2.45) is 7.05 Å². The molecule has 0 spiro atoms. The highest BCUT2D eigenvalue weighted by Gasteiger charge is 2.25. The fourth-order valence-corrected chi connectivity index (χ4v) is 1.64. The summed E-state index contributed by atoms with van der Waals surface area (Å²) in [6.45, 7) is 0.0192. The van der Waals surface area contributed by atoms with E-state index in [0.29, 0.717) is 11.7 Å². The molecule has 2 rings (SSSR count). The Balaban J connectivity index is 1.95. The molecule has 1 aliphatic rings. The molecule has 1 aliphatic carbocycles. The lowest BCUT2D eigenvalue weighted by Gasteiger charge is -2.15. The first-order valence-electron chi connectivity index (χ1n) is 5.81. The minimum absolute atomic E-state index is 0.0192. The molecule has 1 heterocycles. The van der Waals surface area contributed by atoms with Gasteiger partial charge in [-0.1, -0.05) is 0 Å². The van der Waals surface area contributed by atoms with Crippen molar-refractivity contribution in [3.63, 3.8) is 0 Å². The maximum atomic E-state index is 12.0. The van der Waals surface area contributed by atoms with Crippen molar-refractivity contribution in [1.82, 2.24) is 20.0 Å². The maximum Gasteiger partial charge on any atom is 0.276 e. The second-order valence-electron chi connectivity index (χ2n) is 4.61. The van der Waals surface area contributed by atoms with E-state index in [2.05, 4.69) is 10.4 Å². The van der Waals surface area contributed by atoms with E-state index < -0.39 is 0 Å². The van der Waals surface area contributed by atoms with E-state index in [4.69, 9.17) is 5.73 Å². The lowest BCUT2D eigenvalue weighted by molar-refractivity contribution is -0.121. The topological polar surface area (TPSA) is 93.2 Å². The molecule has 1 aromatic rings. The van der Waals surface area contributed by atoms with Gasteiger partial charge in [0.05, 0.1) is 12.2 Å². The van der Waals surface area contributed by atoms with Crippen LogP contribution in [0.5, 0.6) is 0 Å². The molecule has 0 atom stereocenters. The average Bonchev–Trinajstić information content (AvgIpc) is 3.01. The van der Waals surface area contributed by atoms with Gasteiger partial charge in [0.2, 0.25) is 5.91 Å². The van der Waals surface area contributed by atoms with Crippen molar-refractivity contribution in [3.8, 4) is 0 Å². The van der Waals surface area contributed by atoms with E-state index >= 15 is 0 Å². The van der Waals surface area contributed by atoms with Crippen molar-refractivity contribution in [2.75, 3.05) is 19.3 Å². The standard InChI is InChI=1S/C11H17N5O2/c1-15(6-9(17)13-7-3-4-7)11(18)10-8(12)5-16(2)14-10/h5,7H,3-4,6,12H2,1-2H3,(H,13,17). The Morgan fingerprint density at radius 1 is 1.61 bits per heavy atom. The van der Waals surface area contributed by atoms with Crippen LogP contribution in [-0.4, -0.2) is 46.1 Å². The normalized spacial score (nSPS) is 14.3. The molecule has 2 amide bonds. The molecule has 0 radical (unpaired) electrons. The van der Waals surface area contributed by atoms with Crippen molar-refractivity contribution in [1.29, 1.82) is 0 Å². The number of anilines is 1. The lowest BCUT2D eigenvalue weighted by Crippen LogP contribution is -2.39. The highest BCUT2D eigenvalue weighted by molar-refractivity contribution is 5.98. The highest BCUT2D eigenvalue weighted by atomic mass is 16.2. The summed E-state index contributed by atoms with van der Waals surface area (Å²) < 4.78 is 1.47. The zero-order valence-corrected chi connectivity index (χ0v) is 10.5. The minimum Gasteiger partial charge on any atom is -0.396 e. The highest BCUT2D eigenvalue weighted by Crippen LogP contribution is 2.18. The Bertz CT molecular complexity index is 478. The summed E-state index contributed by atoms with van der Waals surface area (Å²) in [5.74, 6) is -0.498. The second-order valence-corrected chi connectivity index (χ2v) is 4.61. The van der Waals surface area contributed by atoms with Gasteiger partial charge in [0.25, 0.3) is 5.91 Å². The maximum absolute atomic E-state index is 12.0. The Kier molecular flexibility index (Phi) is 3.22. The fraction of sp³-hybridized carbons (Fsp3) is 0.545. The molecule has 0 saturated heterocycles. The molecule has 18 heavy (non-hydrogen) atoms. The number of nitrogens with two attached hydrogens (primary N) is 1. The number of nitrogens with one attached hydrogen (secondary N) is 1. The Labute approximate surface area is 105 Å². The summed E-state index contributed by atoms with van der Waals surface area (Å²) in [6.07, 6.45) is 3.61. The van der Waals surface area contributed by atoms with Gasteiger partial charge in [0.1, 0.15) is 0 Å². The van der Waals surface area contributed by atoms with E-state index in [1.54, 1.807) is 20.3 Å². The number of carbonyl (C=O) groups excluding carboxylic acids is 2. The zero-order valence-electron chi connectivity index (χ0n) is 10.5.